The van der Waals surface area contributed by atoms with Crippen LogP contribution in [0.15, 0.2) is 34.7 Å². The molecule has 154 valence electrons. The van der Waals surface area contributed by atoms with Gasteiger partial charge in [-0.1, -0.05) is 23.7 Å². The van der Waals surface area contributed by atoms with Crippen LogP contribution in [0.25, 0.3) is 10.4 Å². The van der Waals surface area contributed by atoms with E-state index in [1.54, 1.807) is 12.1 Å². The molecule has 0 spiro atoms. The average Bonchev–Trinajstić information content (AvgIpc) is 3.13. The van der Waals surface area contributed by atoms with Crippen LogP contribution in [0.2, 0.25) is 5.02 Å². The van der Waals surface area contributed by atoms with Gasteiger partial charge in [-0.25, -0.2) is 0 Å². The molecule has 0 unspecified atom stereocenters. The molecular formula is C20H22ClN3O3S2. The van der Waals surface area contributed by atoms with Crippen LogP contribution in [-0.4, -0.2) is 47.0 Å². The third kappa shape index (κ3) is 5.07. The number of halogens is 1. The number of hydrazone groups is 1. The summed E-state index contributed by atoms with van der Waals surface area (Å²) in [6.07, 6.45) is 1.40. The number of thiocarbonyl (C=S) groups is 1. The van der Waals surface area contributed by atoms with Gasteiger partial charge in [-0.2, -0.15) is 5.10 Å². The monoisotopic (exact) mass is 451 g/mol. The molecule has 29 heavy (non-hydrogen) atoms. The number of nitrogens with zero attached hydrogens (tertiary/aromatic N) is 2. The van der Waals surface area contributed by atoms with Gasteiger partial charge in [0, 0.05) is 23.5 Å². The summed E-state index contributed by atoms with van der Waals surface area (Å²) in [5, 5.41) is 18.0. The SMILES string of the molecule is COC(=O)C1CCN(C(=S)NN=C(C)c2csc(-c3ccc(Cl)cc3)c2O)CC1. The van der Waals surface area contributed by atoms with Gasteiger partial charge in [0.05, 0.1) is 29.2 Å². The van der Waals surface area contributed by atoms with Crippen molar-refractivity contribution >= 4 is 51.9 Å². The van der Waals surface area contributed by atoms with Crippen LogP contribution in [0, 0.1) is 5.92 Å². The molecule has 1 aliphatic heterocycles. The molecule has 1 saturated heterocycles. The average molecular weight is 452 g/mol. The quantitative estimate of drug-likeness (QED) is 0.313. The molecule has 0 atom stereocenters. The number of likely N-dealkylation sites (tertiary alicyclic amines) is 1. The third-order valence-corrected chi connectivity index (χ3v) is 6.52. The van der Waals surface area contributed by atoms with Crippen LogP contribution in [-0.2, 0) is 9.53 Å². The molecule has 1 aliphatic rings. The maximum Gasteiger partial charge on any atom is 0.308 e. The highest BCUT2D eigenvalue weighted by Crippen LogP contribution is 2.39. The summed E-state index contributed by atoms with van der Waals surface area (Å²) in [6.45, 7) is 3.15. The molecule has 0 aliphatic carbocycles. The molecule has 0 amide bonds. The van der Waals surface area contributed by atoms with Gasteiger partial charge in [-0.05, 0) is 49.7 Å². The zero-order valence-corrected chi connectivity index (χ0v) is 18.5. The lowest BCUT2D eigenvalue weighted by atomic mass is 9.97. The number of ether oxygens (including phenoxy) is 1. The molecular weight excluding hydrogens is 430 g/mol. The van der Waals surface area contributed by atoms with E-state index < -0.39 is 0 Å². The van der Waals surface area contributed by atoms with Gasteiger partial charge in [-0.3, -0.25) is 10.2 Å². The molecule has 0 saturated carbocycles. The largest absolute Gasteiger partial charge is 0.506 e. The van der Waals surface area contributed by atoms with E-state index >= 15 is 0 Å². The number of rotatable bonds is 4. The molecule has 6 nitrogen and oxygen atoms in total. The number of benzene rings is 1. The lowest BCUT2D eigenvalue weighted by molar-refractivity contribution is -0.146. The van der Waals surface area contributed by atoms with E-state index in [9.17, 15) is 9.90 Å². The van der Waals surface area contributed by atoms with E-state index in [4.69, 9.17) is 28.6 Å². The molecule has 2 heterocycles. The number of thiophene rings is 1. The van der Waals surface area contributed by atoms with Crippen molar-refractivity contribution in [3.05, 3.63) is 40.2 Å². The standard InChI is InChI=1S/C20H22ClN3O3S2/c1-12(16-11-29-18(17(16)25)13-3-5-15(21)6-4-13)22-23-20(28)24-9-7-14(8-10-24)19(26)27-2/h3-6,11,14,25H,7-10H2,1-2H3,(H,23,28). The molecule has 0 radical (unpaired) electrons. The lowest BCUT2D eigenvalue weighted by Crippen LogP contribution is -2.44. The van der Waals surface area contributed by atoms with Crippen LogP contribution >= 0.6 is 35.2 Å². The van der Waals surface area contributed by atoms with Crippen molar-refractivity contribution in [3.63, 3.8) is 0 Å². The lowest BCUT2D eigenvalue weighted by Gasteiger charge is -2.31. The Balaban J connectivity index is 1.62. The van der Waals surface area contributed by atoms with E-state index in [0.29, 0.717) is 47.3 Å². The number of carbonyl (C=O) groups is 1. The van der Waals surface area contributed by atoms with E-state index in [1.807, 2.05) is 29.3 Å². The number of hydrogen-bond acceptors (Lipinski definition) is 6. The number of carbonyl (C=O) groups excluding carboxylic acids is 1. The van der Waals surface area contributed by atoms with Crippen LogP contribution < -0.4 is 5.43 Å². The Morgan fingerprint density at radius 2 is 2.00 bits per heavy atom. The molecule has 1 aromatic heterocycles. The van der Waals surface area contributed by atoms with Crippen molar-refractivity contribution in [3.8, 4) is 16.2 Å². The van der Waals surface area contributed by atoms with Gasteiger partial charge in [0.2, 0.25) is 0 Å². The molecule has 2 N–H and O–H groups in total. The maximum atomic E-state index is 11.6. The first-order valence-electron chi connectivity index (χ1n) is 9.14. The van der Waals surface area contributed by atoms with Crippen molar-refractivity contribution in [1.29, 1.82) is 0 Å². The van der Waals surface area contributed by atoms with E-state index in [-0.39, 0.29) is 17.6 Å². The zero-order valence-electron chi connectivity index (χ0n) is 16.1. The molecule has 0 bridgehead atoms. The maximum absolute atomic E-state index is 11.6. The smallest absolute Gasteiger partial charge is 0.308 e. The molecule has 1 aromatic carbocycles. The highest BCUT2D eigenvalue weighted by atomic mass is 35.5. The summed E-state index contributed by atoms with van der Waals surface area (Å²) in [7, 11) is 1.41. The van der Waals surface area contributed by atoms with Gasteiger partial charge in [-0.15, -0.1) is 11.3 Å². The van der Waals surface area contributed by atoms with Gasteiger partial charge in [0.15, 0.2) is 5.11 Å². The second-order valence-corrected chi connectivity index (χ2v) is 8.44. The van der Waals surface area contributed by atoms with Crippen molar-refractivity contribution in [2.75, 3.05) is 20.2 Å². The second kappa shape index (κ2) is 9.56. The van der Waals surface area contributed by atoms with Crippen LogP contribution in [0.3, 0.4) is 0 Å². The summed E-state index contributed by atoms with van der Waals surface area (Å²) in [5.41, 5.74) is 5.08. The molecule has 2 aromatic rings. The summed E-state index contributed by atoms with van der Waals surface area (Å²) >= 11 is 12.8. The van der Waals surface area contributed by atoms with Crippen LogP contribution in [0.4, 0.5) is 0 Å². The van der Waals surface area contributed by atoms with Crippen molar-refractivity contribution in [1.82, 2.24) is 10.3 Å². The zero-order chi connectivity index (χ0) is 21.0. The Hall–Kier alpha value is -2.16. The highest BCUT2D eigenvalue weighted by Gasteiger charge is 2.26. The summed E-state index contributed by atoms with van der Waals surface area (Å²) in [4.78, 5) is 14.4. The number of nitrogens with one attached hydrogen (secondary N) is 1. The minimum atomic E-state index is -0.165. The Morgan fingerprint density at radius 1 is 1.34 bits per heavy atom. The van der Waals surface area contributed by atoms with Crippen molar-refractivity contribution in [2.45, 2.75) is 19.8 Å². The predicted molar refractivity (Wildman–Crippen MR) is 121 cm³/mol. The number of hydrogen-bond donors (Lipinski definition) is 2. The molecule has 9 heteroatoms. The topological polar surface area (TPSA) is 74.2 Å². The first-order valence-corrected chi connectivity index (χ1v) is 10.8. The summed E-state index contributed by atoms with van der Waals surface area (Å²) in [6, 6.07) is 7.32. The fourth-order valence-electron chi connectivity index (χ4n) is 3.16. The first kappa shape index (κ1) is 21.5. The Labute approximate surface area is 184 Å². The van der Waals surface area contributed by atoms with Crippen molar-refractivity contribution < 1.29 is 14.6 Å². The van der Waals surface area contributed by atoms with Gasteiger partial charge >= 0.3 is 5.97 Å². The Morgan fingerprint density at radius 3 is 2.62 bits per heavy atom. The van der Waals surface area contributed by atoms with Gasteiger partial charge < -0.3 is 14.7 Å². The minimum absolute atomic E-state index is 0.0710. The van der Waals surface area contributed by atoms with E-state index in [2.05, 4.69) is 10.5 Å². The normalized spacial score (nSPS) is 15.3. The molecule has 3 rings (SSSR count). The van der Waals surface area contributed by atoms with E-state index in [0.717, 1.165) is 10.4 Å². The Kier molecular flexibility index (Phi) is 7.10. The Bertz CT molecular complexity index is 920. The van der Waals surface area contributed by atoms with Crippen LogP contribution in [0.1, 0.15) is 25.3 Å². The summed E-state index contributed by atoms with van der Waals surface area (Å²) < 4.78 is 4.81. The molecule has 1 fully saturated rings. The second-order valence-electron chi connectivity index (χ2n) is 6.73. The van der Waals surface area contributed by atoms with Crippen LogP contribution in [0.5, 0.6) is 5.75 Å². The van der Waals surface area contributed by atoms with E-state index in [1.165, 1.54) is 18.4 Å². The highest BCUT2D eigenvalue weighted by molar-refractivity contribution is 7.80. The van der Waals surface area contributed by atoms with Gasteiger partial charge in [0.1, 0.15) is 5.75 Å². The minimum Gasteiger partial charge on any atom is -0.506 e. The number of esters is 1. The first-order chi connectivity index (χ1) is 13.9. The third-order valence-electron chi connectivity index (χ3n) is 4.90. The fourth-order valence-corrected chi connectivity index (χ4v) is 4.53. The number of methoxy groups -OCH3 is 1. The number of piperidine rings is 1. The van der Waals surface area contributed by atoms with Crippen molar-refractivity contribution in [2.24, 2.45) is 11.0 Å². The van der Waals surface area contributed by atoms with Gasteiger partial charge in [0.25, 0.3) is 0 Å². The number of aromatic hydroxyl groups is 1. The fraction of sp³-hybridized carbons (Fsp3) is 0.350. The predicted octanol–water partition coefficient (Wildman–Crippen LogP) is 4.26. The summed E-state index contributed by atoms with van der Waals surface area (Å²) in [5.74, 6) is -0.0506.